The number of rotatable bonds is 6. The van der Waals surface area contributed by atoms with E-state index in [1.54, 1.807) is 14.2 Å². The summed E-state index contributed by atoms with van der Waals surface area (Å²) in [6.07, 6.45) is 0. The molecule has 4 heteroatoms. The molecule has 2 aromatic carbocycles. The minimum atomic E-state index is 0.468. The molecular weight excluding hydrogens is 264 g/mol. The van der Waals surface area contributed by atoms with Gasteiger partial charge in [0.05, 0.1) is 19.9 Å². The van der Waals surface area contributed by atoms with Crippen LogP contribution in [-0.2, 0) is 13.1 Å². The SMILES string of the molecule is COc1ccc(CN(C)c2ccccc2OC)cc1CN. The van der Waals surface area contributed by atoms with Gasteiger partial charge in [0.2, 0.25) is 0 Å². The normalized spacial score (nSPS) is 10.3. The maximum absolute atomic E-state index is 5.77. The lowest BCUT2D eigenvalue weighted by Gasteiger charge is -2.22. The number of ether oxygens (including phenoxy) is 2. The van der Waals surface area contributed by atoms with Gasteiger partial charge >= 0.3 is 0 Å². The van der Waals surface area contributed by atoms with E-state index in [4.69, 9.17) is 15.2 Å². The van der Waals surface area contributed by atoms with Crippen molar-refractivity contribution in [3.05, 3.63) is 53.6 Å². The molecule has 0 saturated heterocycles. The van der Waals surface area contributed by atoms with Crippen molar-refractivity contribution in [3.8, 4) is 11.5 Å². The number of hydrogen-bond donors (Lipinski definition) is 1. The molecule has 0 bridgehead atoms. The van der Waals surface area contributed by atoms with Crippen LogP contribution in [0.4, 0.5) is 5.69 Å². The fourth-order valence-corrected chi connectivity index (χ4v) is 2.39. The molecule has 0 amide bonds. The molecule has 21 heavy (non-hydrogen) atoms. The largest absolute Gasteiger partial charge is 0.496 e. The van der Waals surface area contributed by atoms with Gasteiger partial charge in [-0.15, -0.1) is 0 Å². The molecule has 0 aromatic heterocycles. The smallest absolute Gasteiger partial charge is 0.142 e. The number of anilines is 1. The Bertz CT molecular complexity index is 599. The van der Waals surface area contributed by atoms with E-state index in [0.29, 0.717) is 6.54 Å². The Kier molecular flexibility index (Phi) is 5.06. The summed E-state index contributed by atoms with van der Waals surface area (Å²) < 4.78 is 10.7. The molecule has 0 fully saturated rings. The summed E-state index contributed by atoms with van der Waals surface area (Å²) in [5.41, 5.74) is 9.03. The summed E-state index contributed by atoms with van der Waals surface area (Å²) in [5, 5.41) is 0. The van der Waals surface area contributed by atoms with Crippen molar-refractivity contribution in [1.29, 1.82) is 0 Å². The molecule has 0 spiro atoms. The van der Waals surface area contributed by atoms with Crippen LogP contribution in [0, 0.1) is 0 Å². The third kappa shape index (κ3) is 3.47. The van der Waals surface area contributed by atoms with Gasteiger partial charge in [-0.3, -0.25) is 0 Å². The van der Waals surface area contributed by atoms with E-state index in [0.717, 1.165) is 29.3 Å². The van der Waals surface area contributed by atoms with Crippen LogP contribution in [0.2, 0.25) is 0 Å². The fraction of sp³-hybridized carbons (Fsp3) is 0.294. The molecule has 0 atom stereocenters. The summed E-state index contributed by atoms with van der Waals surface area (Å²) in [6, 6.07) is 14.1. The number of nitrogens with zero attached hydrogens (tertiary/aromatic N) is 1. The molecular formula is C17H22N2O2. The van der Waals surface area contributed by atoms with Crippen LogP contribution >= 0.6 is 0 Å². The van der Waals surface area contributed by atoms with Crippen LogP contribution in [0.1, 0.15) is 11.1 Å². The minimum Gasteiger partial charge on any atom is -0.496 e. The number of para-hydroxylation sites is 2. The van der Waals surface area contributed by atoms with Crippen molar-refractivity contribution >= 4 is 5.69 Å². The number of hydrogen-bond acceptors (Lipinski definition) is 4. The van der Waals surface area contributed by atoms with Crippen molar-refractivity contribution in [3.63, 3.8) is 0 Å². The van der Waals surface area contributed by atoms with Crippen LogP contribution < -0.4 is 20.1 Å². The van der Waals surface area contributed by atoms with Crippen LogP contribution in [-0.4, -0.2) is 21.3 Å². The van der Waals surface area contributed by atoms with Crippen molar-refractivity contribution in [2.75, 3.05) is 26.2 Å². The zero-order valence-corrected chi connectivity index (χ0v) is 12.8. The minimum absolute atomic E-state index is 0.468. The summed E-state index contributed by atoms with van der Waals surface area (Å²) in [7, 11) is 5.39. The van der Waals surface area contributed by atoms with Crippen LogP contribution in [0.3, 0.4) is 0 Å². The highest BCUT2D eigenvalue weighted by Crippen LogP contribution is 2.28. The Morgan fingerprint density at radius 1 is 1.00 bits per heavy atom. The molecule has 0 aliphatic heterocycles. The Morgan fingerprint density at radius 3 is 2.38 bits per heavy atom. The van der Waals surface area contributed by atoms with Gasteiger partial charge in [0.1, 0.15) is 11.5 Å². The predicted octanol–water partition coefficient (Wildman–Crippen LogP) is 2.80. The van der Waals surface area contributed by atoms with Gasteiger partial charge in [-0.25, -0.2) is 0 Å². The highest BCUT2D eigenvalue weighted by molar-refractivity contribution is 5.58. The summed E-state index contributed by atoms with van der Waals surface area (Å²) >= 11 is 0. The molecule has 0 aliphatic carbocycles. The molecule has 0 unspecified atom stereocenters. The molecule has 2 N–H and O–H groups in total. The lowest BCUT2D eigenvalue weighted by atomic mass is 10.1. The van der Waals surface area contributed by atoms with Gasteiger partial charge in [-0.1, -0.05) is 18.2 Å². The van der Waals surface area contributed by atoms with Crippen molar-refractivity contribution in [1.82, 2.24) is 0 Å². The average molecular weight is 286 g/mol. The molecule has 0 aliphatic rings. The van der Waals surface area contributed by atoms with Gasteiger partial charge in [0, 0.05) is 25.7 Å². The van der Waals surface area contributed by atoms with Crippen LogP contribution in [0.25, 0.3) is 0 Å². The highest BCUT2D eigenvalue weighted by atomic mass is 16.5. The van der Waals surface area contributed by atoms with E-state index < -0.39 is 0 Å². The molecule has 0 heterocycles. The van der Waals surface area contributed by atoms with Crippen LogP contribution in [0.15, 0.2) is 42.5 Å². The van der Waals surface area contributed by atoms with Gasteiger partial charge in [0.25, 0.3) is 0 Å². The van der Waals surface area contributed by atoms with Gasteiger partial charge in [-0.2, -0.15) is 0 Å². The van der Waals surface area contributed by atoms with E-state index in [1.165, 1.54) is 5.56 Å². The number of methoxy groups -OCH3 is 2. The first kappa shape index (κ1) is 15.2. The van der Waals surface area contributed by atoms with E-state index in [-0.39, 0.29) is 0 Å². The number of nitrogens with two attached hydrogens (primary N) is 1. The predicted molar refractivity (Wildman–Crippen MR) is 86.0 cm³/mol. The average Bonchev–Trinajstić information content (AvgIpc) is 2.54. The fourth-order valence-electron chi connectivity index (χ4n) is 2.39. The standard InChI is InChI=1S/C17H22N2O2/c1-19(15-6-4-5-7-17(15)21-3)12-13-8-9-16(20-2)14(10-13)11-18/h4-10H,11-12,18H2,1-3H3. The Labute approximate surface area is 126 Å². The van der Waals surface area contributed by atoms with E-state index >= 15 is 0 Å². The molecule has 112 valence electrons. The maximum Gasteiger partial charge on any atom is 0.142 e. The molecule has 0 radical (unpaired) electrons. The third-order valence-corrected chi connectivity index (χ3v) is 3.48. The van der Waals surface area contributed by atoms with E-state index in [9.17, 15) is 0 Å². The second kappa shape index (κ2) is 6.99. The van der Waals surface area contributed by atoms with Gasteiger partial charge in [-0.05, 0) is 29.8 Å². The number of benzene rings is 2. The van der Waals surface area contributed by atoms with E-state index in [1.807, 2.05) is 37.4 Å². The zero-order valence-electron chi connectivity index (χ0n) is 12.8. The highest BCUT2D eigenvalue weighted by Gasteiger charge is 2.09. The summed E-state index contributed by atoms with van der Waals surface area (Å²) in [6.45, 7) is 1.24. The van der Waals surface area contributed by atoms with E-state index in [2.05, 4.69) is 17.0 Å². The third-order valence-electron chi connectivity index (χ3n) is 3.48. The second-order valence-corrected chi connectivity index (χ2v) is 4.88. The van der Waals surface area contributed by atoms with Crippen molar-refractivity contribution in [2.24, 2.45) is 5.73 Å². The molecule has 4 nitrogen and oxygen atoms in total. The Balaban J connectivity index is 2.21. The summed E-state index contributed by atoms with van der Waals surface area (Å²) in [5.74, 6) is 1.70. The first-order chi connectivity index (χ1) is 10.2. The Morgan fingerprint density at radius 2 is 1.71 bits per heavy atom. The zero-order chi connectivity index (χ0) is 15.2. The van der Waals surface area contributed by atoms with Crippen molar-refractivity contribution in [2.45, 2.75) is 13.1 Å². The lowest BCUT2D eigenvalue weighted by molar-refractivity contribution is 0.409. The Hall–Kier alpha value is -2.20. The van der Waals surface area contributed by atoms with Crippen LogP contribution in [0.5, 0.6) is 11.5 Å². The monoisotopic (exact) mass is 286 g/mol. The summed E-state index contributed by atoms with van der Waals surface area (Å²) in [4.78, 5) is 2.15. The molecule has 2 rings (SSSR count). The first-order valence-electron chi connectivity index (χ1n) is 6.89. The van der Waals surface area contributed by atoms with Gasteiger partial charge in [0.15, 0.2) is 0 Å². The maximum atomic E-state index is 5.77. The molecule has 2 aromatic rings. The quantitative estimate of drug-likeness (QED) is 0.887. The topological polar surface area (TPSA) is 47.7 Å². The molecule has 0 saturated carbocycles. The van der Waals surface area contributed by atoms with Crippen molar-refractivity contribution < 1.29 is 9.47 Å². The lowest BCUT2D eigenvalue weighted by Crippen LogP contribution is -2.17. The first-order valence-corrected chi connectivity index (χ1v) is 6.89. The van der Waals surface area contributed by atoms with Gasteiger partial charge < -0.3 is 20.1 Å². The second-order valence-electron chi connectivity index (χ2n) is 4.88.